The molecule has 124 valence electrons. The number of carbonyl (C=O) groups excluding carboxylic acids is 1. The van der Waals surface area contributed by atoms with E-state index in [-0.39, 0.29) is 18.3 Å². The van der Waals surface area contributed by atoms with Crippen molar-refractivity contribution in [3.8, 4) is 11.5 Å². The molecule has 1 amide bonds. The topological polar surface area (TPSA) is 59.6 Å². The number of ether oxygens (including phenoxy) is 2. The number of amides is 1. The van der Waals surface area contributed by atoms with E-state index in [2.05, 4.69) is 10.6 Å². The van der Waals surface area contributed by atoms with E-state index in [1.807, 2.05) is 36.0 Å². The minimum atomic E-state index is 0. The SMILES string of the molecule is COc1ccc(OCCNC(=O)CC2CSCCN2)cc1.Cl. The average Bonchev–Trinajstić information content (AvgIpc) is 2.53. The minimum absolute atomic E-state index is 0. The Morgan fingerprint density at radius 3 is 2.73 bits per heavy atom. The van der Waals surface area contributed by atoms with Gasteiger partial charge in [0.25, 0.3) is 0 Å². The second-order valence-electron chi connectivity index (χ2n) is 4.80. The highest BCUT2D eigenvalue weighted by Gasteiger charge is 2.16. The first kappa shape index (κ1) is 18.9. The molecule has 22 heavy (non-hydrogen) atoms. The standard InChI is InChI=1S/C15H22N2O3S.ClH/c1-19-13-2-4-14(5-3-13)20-8-6-17-15(18)10-12-11-21-9-7-16-12;/h2-5,12,16H,6-11H2,1H3,(H,17,18);1H. The summed E-state index contributed by atoms with van der Waals surface area (Å²) in [6.45, 7) is 1.97. The number of hydrogen-bond acceptors (Lipinski definition) is 5. The van der Waals surface area contributed by atoms with Crippen LogP contribution in [0.5, 0.6) is 11.5 Å². The van der Waals surface area contributed by atoms with Crippen molar-refractivity contribution < 1.29 is 14.3 Å². The third-order valence-electron chi connectivity index (χ3n) is 3.18. The van der Waals surface area contributed by atoms with Crippen LogP contribution in [0.2, 0.25) is 0 Å². The van der Waals surface area contributed by atoms with Crippen molar-refractivity contribution in [2.24, 2.45) is 0 Å². The van der Waals surface area contributed by atoms with Gasteiger partial charge in [0.05, 0.1) is 13.7 Å². The Kier molecular flexibility index (Phi) is 9.11. The van der Waals surface area contributed by atoms with Gasteiger partial charge < -0.3 is 20.1 Å². The summed E-state index contributed by atoms with van der Waals surface area (Å²) in [7, 11) is 1.63. The van der Waals surface area contributed by atoms with E-state index in [0.717, 1.165) is 29.5 Å². The first-order chi connectivity index (χ1) is 10.3. The molecule has 0 aromatic heterocycles. The highest BCUT2D eigenvalue weighted by molar-refractivity contribution is 7.99. The van der Waals surface area contributed by atoms with Crippen LogP contribution in [0.1, 0.15) is 6.42 Å². The molecule has 0 radical (unpaired) electrons. The number of rotatable bonds is 7. The van der Waals surface area contributed by atoms with Crippen molar-refractivity contribution >= 4 is 30.1 Å². The number of nitrogens with one attached hydrogen (secondary N) is 2. The van der Waals surface area contributed by atoms with Crippen molar-refractivity contribution in [2.45, 2.75) is 12.5 Å². The lowest BCUT2D eigenvalue weighted by Gasteiger charge is -2.22. The Morgan fingerprint density at radius 1 is 1.36 bits per heavy atom. The number of carbonyl (C=O) groups is 1. The van der Waals surface area contributed by atoms with Crippen LogP contribution >= 0.6 is 24.2 Å². The van der Waals surface area contributed by atoms with E-state index in [1.54, 1.807) is 7.11 Å². The summed E-state index contributed by atoms with van der Waals surface area (Å²) in [6.07, 6.45) is 0.537. The molecule has 1 heterocycles. The second kappa shape index (κ2) is 10.6. The Hall–Kier alpha value is -1.11. The van der Waals surface area contributed by atoms with Gasteiger partial charge >= 0.3 is 0 Å². The fourth-order valence-corrected chi connectivity index (χ4v) is 3.03. The van der Waals surface area contributed by atoms with E-state index < -0.39 is 0 Å². The molecule has 0 spiro atoms. The van der Waals surface area contributed by atoms with Crippen molar-refractivity contribution in [2.75, 3.05) is 38.3 Å². The molecule has 1 saturated heterocycles. The fourth-order valence-electron chi connectivity index (χ4n) is 2.08. The summed E-state index contributed by atoms with van der Waals surface area (Å²) in [5.74, 6) is 3.79. The second-order valence-corrected chi connectivity index (χ2v) is 5.95. The van der Waals surface area contributed by atoms with Gasteiger partial charge in [-0.1, -0.05) is 0 Å². The third-order valence-corrected chi connectivity index (χ3v) is 4.31. The first-order valence-corrected chi connectivity index (χ1v) is 8.28. The van der Waals surface area contributed by atoms with Gasteiger partial charge in [0.15, 0.2) is 0 Å². The highest BCUT2D eigenvalue weighted by Crippen LogP contribution is 2.16. The molecule has 1 atom stereocenters. The Bertz CT molecular complexity index is 439. The van der Waals surface area contributed by atoms with Crippen molar-refractivity contribution in [3.05, 3.63) is 24.3 Å². The molecule has 1 aliphatic heterocycles. The van der Waals surface area contributed by atoms with Crippen molar-refractivity contribution in [1.82, 2.24) is 10.6 Å². The summed E-state index contributed by atoms with van der Waals surface area (Å²) in [5.41, 5.74) is 0. The third kappa shape index (κ3) is 6.77. The summed E-state index contributed by atoms with van der Waals surface area (Å²) in [5, 5.41) is 6.24. The zero-order chi connectivity index (χ0) is 14.9. The fraction of sp³-hybridized carbons (Fsp3) is 0.533. The van der Waals surface area contributed by atoms with E-state index >= 15 is 0 Å². The molecule has 0 aliphatic carbocycles. The van der Waals surface area contributed by atoms with Crippen LogP contribution in [0.15, 0.2) is 24.3 Å². The number of benzene rings is 1. The number of hydrogen-bond donors (Lipinski definition) is 2. The highest BCUT2D eigenvalue weighted by atomic mass is 35.5. The van der Waals surface area contributed by atoms with E-state index in [1.165, 1.54) is 0 Å². The van der Waals surface area contributed by atoms with E-state index in [0.29, 0.717) is 25.6 Å². The maximum atomic E-state index is 11.8. The smallest absolute Gasteiger partial charge is 0.221 e. The molecule has 5 nitrogen and oxygen atoms in total. The predicted molar refractivity (Wildman–Crippen MR) is 92.5 cm³/mol. The molecule has 1 aromatic carbocycles. The van der Waals surface area contributed by atoms with Crippen LogP contribution in [0.25, 0.3) is 0 Å². The van der Waals surface area contributed by atoms with Crippen LogP contribution in [0, 0.1) is 0 Å². The van der Waals surface area contributed by atoms with Crippen LogP contribution in [-0.2, 0) is 4.79 Å². The van der Waals surface area contributed by atoms with Crippen LogP contribution in [-0.4, -0.2) is 50.3 Å². The molecule has 2 rings (SSSR count). The Morgan fingerprint density at radius 2 is 2.09 bits per heavy atom. The number of halogens is 1. The van der Waals surface area contributed by atoms with Gasteiger partial charge in [0.1, 0.15) is 18.1 Å². The van der Waals surface area contributed by atoms with Crippen molar-refractivity contribution in [1.29, 1.82) is 0 Å². The first-order valence-electron chi connectivity index (χ1n) is 7.12. The van der Waals surface area contributed by atoms with Crippen LogP contribution < -0.4 is 20.1 Å². The summed E-state index contributed by atoms with van der Waals surface area (Å²) in [6, 6.07) is 7.69. The van der Waals surface area contributed by atoms with Gasteiger partial charge in [-0.3, -0.25) is 4.79 Å². The number of thioether (sulfide) groups is 1. The molecule has 1 aliphatic rings. The van der Waals surface area contributed by atoms with Gasteiger partial charge in [0, 0.05) is 30.5 Å². The molecule has 7 heteroatoms. The normalized spacial score (nSPS) is 17.2. The summed E-state index contributed by atoms with van der Waals surface area (Å²) < 4.78 is 10.6. The molecule has 1 unspecified atom stereocenters. The average molecular weight is 347 g/mol. The van der Waals surface area contributed by atoms with E-state index in [4.69, 9.17) is 9.47 Å². The molecule has 0 bridgehead atoms. The maximum Gasteiger partial charge on any atom is 0.221 e. The zero-order valence-electron chi connectivity index (χ0n) is 12.7. The monoisotopic (exact) mass is 346 g/mol. The summed E-state index contributed by atoms with van der Waals surface area (Å²) >= 11 is 1.90. The van der Waals surface area contributed by atoms with Crippen LogP contribution in [0.3, 0.4) is 0 Å². The lowest BCUT2D eigenvalue weighted by molar-refractivity contribution is -0.121. The molecule has 0 saturated carbocycles. The number of methoxy groups -OCH3 is 1. The zero-order valence-corrected chi connectivity index (χ0v) is 14.3. The summed E-state index contributed by atoms with van der Waals surface area (Å²) in [4.78, 5) is 11.8. The van der Waals surface area contributed by atoms with Gasteiger partial charge in [0.2, 0.25) is 5.91 Å². The lowest BCUT2D eigenvalue weighted by atomic mass is 10.2. The molecular weight excluding hydrogens is 324 g/mol. The van der Waals surface area contributed by atoms with Gasteiger partial charge in [-0.15, -0.1) is 12.4 Å². The quantitative estimate of drug-likeness (QED) is 0.736. The molecule has 1 aromatic rings. The molecule has 2 N–H and O–H groups in total. The minimum Gasteiger partial charge on any atom is -0.497 e. The lowest BCUT2D eigenvalue weighted by Crippen LogP contribution is -2.41. The van der Waals surface area contributed by atoms with Gasteiger partial charge in [-0.25, -0.2) is 0 Å². The predicted octanol–water partition coefficient (Wildman–Crippen LogP) is 1.71. The molecular formula is C15H23ClN2O3S. The van der Waals surface area contributed by atoms with Crippen molar-refractivity contribution in [3.63, 3.8) is 0 Å². The van der Waals surface area contributed by atoms with E-state index in [9.17, 15) is 4.79 Å². The molecule has 1 fully saturated rings. The van der Waals surface area contributed by atoms with Crippen LogP contribution in [0.4, 0.5) is 0 Å². The Balaban J connectivity index is 0.00000242. The largest absolute Gasteiger partial charge is 0.497 e. The Labute approximate surface area is 141 Å². The van der Waals surface area contributed by atoms with Gasteiger partial charge in [-0.2, -0.15) is 11.8 Å². The van der Waals surface area contributed by atoms with Gasteiger partial charge in [-0.05, 0) is 24.3 Å². The maximum absolute atomic E-state index is 11.8.